The van der Waals surface area contributed by atoms with Gasteiger partial charge in [0.1, 0.15) is 5.82 Å². The summed E-state index contributed by atoms with van der Waals surface area (Å²) in [6.45, 7) is 5.15. The minimum atomic E-state index is -0.149. The van der Waals surface area contributed by atoms with Crippen LogP contribution in [0.2, 0.25) is 0 Å². The second-order valence-corrected chi connectivity index (χ2v) is 8.34. The van der Waals surface area contributed by atoms with Crippen molar-refractivity contribution >= 4 is 34.7 Å². The number of aromatic nitrogens is 2. The van der Waals surface area contributed by atoms with Crippen LogP contribution in [0.15, 0.2) is 72.8 Å². The lowest BCUT2D eigenvalue weighted by atomic mass is 10.1. The van der Waals surface area contributed by atoms with E-state index < -0.39 is 0 Å². The Hall–Kier alpha value is -4.23. The zero-order valence-electron chi connectivity index (χ0n) is 19.1. The Balaban J connectivity index is 1.24. The Morgan fingerprint density at radius 3 is 2.24 bits per heavy atom. The van der Waals surface area contributed by atoms with E-state index in [1.54, 1.807) is 0 Å². The summed E-state index contributed by atoms with van der Waals surface area (Å²) in [5.74, 6) is 1.05. The molecule has 1 aromatic heterocycles. The van der Waals surface area contributed by atoms with Crippen LogP contribution in [0.5, 0.6) is 0 Å². The number of aryl methyl sites for hydroxylation is 2. The van der Waals surface area contributed by atoms with Gasteiger partial charge in [-0.2, -0.15) is 4.98 Å². The molecule has 0 unspecified atom stereocenters. The quantitative estimate of drug-likeness (QED) is 0.340. The summed E-state index contributed by atoms with van der Waals surface area (Å²) >= 11 is 0. The van der Waals surface area contributed by atoms with E-state index in [9.17, 15) is 4.79 Å². The number of fused-ring (bicyclic) bond motifs is 1. The molecular weight excluding hydrogens is 426 g/mol. The monoisotopic (exact) mass is 451 g/mol. The maximum absolute atomic E-state index is 12.6. The van der Waals surface area contributed by atoms with Crippen LogP contribution in [0, 0.1) is 13.8 Å². The third kappa shape index (κ3) is 5.05. The van der Waals surface area contributed by atoms with Gasteiger partial charge in [-0.1, -0.05) is 23.8 Å². The van der Waals surface area contributed by atoms with Gasteiger partial charge >= 0.3 is 0 Å². The average Bonchev–Trinajstić information content (AvgIpc) is 3.29. The maximum Gasteiger partial charge on any atom is 0.255 e. The van der Waals surface area contributed by atoms with Crippen LogP contribution in [0.1, 0.15) is 32.7 Å². The van der Waals surface area contributed by atoms with Gasteiger partial charge in [0.2, 0.25) is 5.95 Å². The molecule has 0 fully saturated rings. The highest BCUT2D eigenvalue weighted by molar-refractivity contribution is 6.04. The summed E-state index contributed by atoms with van der Waals surface area (Å²) in [6, 6.07) is 23.2. The molecule has 2 heterocycles. The molecule has 0 bridgehead atoms. The Kier molecular flexibility index (Phi) is 5.93. The van der Waals surface area contributed by atoms with Crippen molar-refractivity contribution in [3.8, 4) is 0 Å². The lowest BCUT2D eigenvalue weighted by Crippen LogP contribution is -2.12. The summed E-state index contributed by atoms with van der Waals surface area (Å²) < 4.78 is 5.43. The number of hydrogen-bond donors (Lipinski definition) is 3. The van der Waals surface area contributed by atoms with Crippen molar-refractivity contribution in [1.29, 1.82) is 0 Å². The SMILES string of the molecule is Cc1ccc(Nc2cc(C)nc(Nc3ccc(NC(=O)c4ccc5c(c4)COC5)cc3)n2)cc1. The molecule has 0 spiro atoms. The first kappa shape index (κ1) is 21.6. The van der Waals surface area contributed by atoms with Crippen LogP contribution in [0.3, 0.4) is 0 Å². The van der Waals surface area contributed by atoms with Crippen molar-refractivity contribution < 1.29 is 9.53 Å². The van der Waals surface area contributed by atoms with Gasteiger partial charge in [-0.3, -0.25) is 4.79 Å². The van der Waals surface area contributed by atoms with Gasteiger partial charge in [-0.15, -0.1) is 0 Å². The Labute approximate surface area is 198 Å². The number of benzene rings is 3. The van der Waals surface area contributed by atoms with Gasteiger partial charge in [0.05, 0.1) is 13.2 Å². The van der Waals surface area contributed by atoms with Gasteiger partial charge in [0, 0.05) is 34.4 Å². The Morgan fingerprint density at radius 2 is 1.44 bits per heavy atom. The van der Waals surface area contributed by atoms with E-state index in [-0.39, 0.29) is 5.91 Å². The molecule has 170 valence electrons. The van der Waals surface area contributed by atoms with Gasteiger partial charge in [-0.25, -0.2) is 4.98 Å². The third-order valence-electron chi connectivity index (χ3n) is 5.56. The number of anilines is 5. The number of carbonyl (C=O) groups excluding carboxylic acids is 1. The molecule has 34 heavy (non-hydrogen) atoms. The minimum absolute atomic E-state index is 0.149. The van der Waals surface area contributed by atoms with Gasteiger partial charge in [0.15, 0.2) is 0 Å². The average molecular weight is 452 g/mol. The van der Waals surface area contributed by atoms with Gasteiger partial charge in [0.25, 0.3) is 5.91 Å². The molecule has 0 aliphatic carbocycles. The van der Waals surface area contributed by atoms with E-state index in [1.165, 1.54) is 5.56 Å². The molecule has 3 N–H and O–H groups in total. The molecule has 0 radical (unpaired) electrons. The van der Waals surface area contributed by atoms with E-state index in [0.29, 0.717) is 36.2 Å². The zero-order chi connectivity index (χ0) is 23.5. The number of carbonyl (C=O) groups is 1. The van der Waals surface area contributed by atoms with Crippen LogP contribution in [0.4, 0.5) is 28.8 Å². The standard InChI is InChI=1S/C27H25N5O2/c1-17-3-7-22(8-4-17)29-25-13-18(2)28-27(32-25)31-24-11-9-23(10-12-24)30-26(33)19-5-6-20-15-34-16-21(20)14-19/h3-14H,15-16H2,1-2H3,(H,30,33)(H2,28,29,31,32). The topological polar surface area (TPSA) is 88.2 Å². The summed E-state index contributed by atoms with van der Waals surface area (Å²) in [5, 5.41) is 9.49. The van der Waals surface area contributed by atoms with Gasteiger partial charge in [-0.05, 0) is 73.5 Å². The molecule has 1 aliphatic rings. The van der Waals surface area contributed by atoms with Crippen molar-refractivity contribution in [3.63, 3.8) is 0 Å². The number of nitrogens with one attached hydrogen (secondary N) is 3. The maximum atomic E-state index is 12.6. The predicted octanol–water partition coefficient (Wildman–Crippen LogP) is 5.86. The number of hydrogen-bond acceptors (Lipinski definition) is 6. The lowest BCUT2D eigenvalue weighted by molar-refractivity contribution is 0.102. The van der Waals surface area contributed by atoms with E-state index in [4.69, 9.17) is 4.74 Å². The van der Waals surface area contributed by atoms with Crippen molar-refractivity contribution in [2.75, 3.05) is 16.0 Å². The van der Waals surface area contributed by atoms with E-state index in [2.05, 4.69) is 45.0 Å². The van der Waals surface area contributed by atoms with Gasteiger partial charge < -0.3 is 20.7 Å². The highest BCUT2D eigenvalue weighted by Crippen LogP contribution is 2.23. The fourth-order valence-corrected chi connectivity index (χ4v) is 3.76. The van der Waals surface area contributed by atoms with Crippen molar-refractivity contribution in [2.24, 2.45) is 0 Å². The first-order valence-corrected chi connectivity index (χ1v) is 11.1. The molecule has 7 nitrogen and oxygen atoms in total. The van der Waals surface area contributed by atoms with Crippen LogP contribution < -0.4 is 16.0 Å². The zero-order valence-corrected chi connectivity index (χ0v) is 19.1. The third-order valence-corrected chi connectivity index (χ3v) is 5.56. The van der Waals surface area contributed by atoms with Crippen LogP contribution in [-0.4, -0.2) is 15.9 Å². The van der Waals surface area contributed by atoms with E-state index in [0.717, 1.165) is 28.2 Å². The second kappa shape index (κ2) is 9.33. The molecule has 1 amide bonds. The molecule has 5 rings (SSSR count). The minimum Gasteiger partial charge on any atom is -0.372 e. The van der Waals surface area contributed by atoms with Crippen molar-refractivity contribution in [2.45, 2.75) is 27.1 Å². The highest BCUT2D eigenvalue weighted by Gasteiger charge is 2.14. The van der Waals surface area contributed by atoms with Crippen LogP contribution >= 0.6 is 0 Å². The smallest absolute Gasteiger partial charge is 0.255 e. The molecule has 3 aromatic carbocycles. The lowest BCUT2D eigenvalue weighted by Gasteiger charge is -2.11. The van der Waals surface area contributed by atoms with E-state index in [1.807, 2.05) is 67.6 Å². The molecule has 7 heteroatoms. The fraction of sp³-hybridized carbons (Fsp3) is 0.148. The highest BCUT2D eigenvalue weighted by atomic mass is 16.5. The molecular formula is C27H25N5O2. The summed E-state index contributed by atoms with van der Waals surface area (Å²) in [6.07, 6.45) is 0. The first-order chi connectivity index (χ1) is 16.5. The van der Waals surface area contributed by atoms with Crippen LogP contribution in [0.25, 0.3) is 0 Å². The Morgan fingerprint density at radius 1 is 0.765 bits per heavy atom. The largest absolute Gasteiger partial charge is 0.372 e. The van der Waals surface area contributed by atoms with E-state index >= 15 is 0 Å². The number of amides is 1. The predicted molar refractivity (Wildman–Crippen MR) is 134 cm³/mol. The summed E-state index contributed by atoms with van der Waals surface area (Å²) in [5.41, 5.74) is 7.37. The second-order valence-electron chi connectivity index (χ2n) is 8.34. The number of nitrogens with zero attached hydrogens (tertiary/aromatic N) is 2. The molecule has 1 aliphatic heterocycles. The van der Waals surface area contributed by atoms with Crippen molar-refractivity contribution in [3.05, 3.63) is 101 Å². The molecule has 0 saturated carbocycles. The summed E-state index contributed by atoms with van der Waals surface area (Å²) in [7, 11) is 0. The first-order valence-electron chi connectivity index (χ1n) is 11.1. The normalized spacial score (nSPS) is 12.2. The fourth-order valence-electron chi connectivity index (χ4n) is 3.76. The van der Waals surface area contributed by atoms with Crippen LogP contribution in [-0.2, 0) is 18.0 Å². The number of rotatable bonds is 6. The molecule has 4 aromatic rings. The molecule has 0 saturated heterocycles. The van der Waals surface area contributed by atoms with Crippen molar-refractivity contribution in [1.82, 2.24) is 9.97 Å². The molecule has 0 atom stereocenters. The Bertz CT molecular complexity index is 1330. The summed E-state index contributed by atoms with van der Waals surface area (Å²) in [4.78, 5) is 21.7. The number of ether oxygens (including phenoxy) is 1.